The Morgan fingerprint density at radius 2 is 1.81 bits per heavy atom. The molecule has 4 aromatic rings. The first kappa shape index (κ1) is 24.7. The summed E-state index contributed by atoms with van der Waals surface area (Å²) >= 11 is 0. The highest BCUT2D eigenvalue weighted by atomic mass is 32.2. The van der Waals surface area contributed by atoms with Gasteiger partial charge in [0.2, 0.25) is 5.78 Å². The zero-order valence-electron chi connectivity index (χ0n) is 19.4. The van der Waals surface area contributed by atoms with Crippen molar-refractivity contribution in [3.05, 3.63) is 65.7 Å². The number of pyridine rings is 1. The Morgan fingerprint density at radius 1 is 1.11 bits per heavy atom. The molecule has 1 saturated heterocycles. The molecule has 0 atom stereocenters. The quantitative estimate of drug-likeness (QED) is 0.348. The van der Waals surface area contributed by atoms with E-state index in [4.69, 9.17) is 9.47 Å². The largest absolute Gasteiger partial charge is 0.467 e. The lowest BCUT2D eigenvalue weighted by atomic mass is 10.0. The van der Waals surface area contributed by atoms with E-state index in [0.29, 0.717) is 22.2 Å². The summed E-state index contributed by atoms with van der Waals surface area (Å²) in [5, 5.41) is 0.302. The number of methoxy groups -OCH3 is 1. The van der Waals surface area contributed by atoms with Gasteiger partial charge in [-0.25, -0.2) is 23.7 Å². The summed E-state index contributed by atoms with van der Waals surface area (Å²) in [4.78, 5) is 28.5. The van der Waals surface area contributed by atoms with Crippen LogP contribution in [0.15, 0.2) is 43.0 Å². The highest BCUT2D eigenvalue weighted by Crippen LogP contribution is 2.29. The van der Waals surface area contributed by atoms with Crippen LogP contribution in [0.25, 0.3) is 22.2 Å². The molecule has 5 rings (SSSR count). The van der Waals surface area contributed by atoms with Gasteiger partial charge in [0.1, 0.15) is 11.5 Å². The third-order valence-electron chi connectivity index (χ3n) is 5.79. The molecule has 3 aromatic heterocycles. The van der Waals surface area contributed by atoms with Crippen molar-refractivity contribution in [2.24, 2.45) is 0 Å². The molecule has 0 radical (unpaired) electrons. The molecule has 0 bridgehead atoms. The number of aromatic amines is 1. The number of morpholine rings is 1. The normalized spacial score (nSPS) is 14.6. The number of fused-ring (bicyclic) bond motifs is 1. The molecule has 2 N–H and O–H groups in total. The van der Waals surface area contributed by atoms with Crippen LogP contribution in [0.2, 0.25) is 0 Å². The molecular weight excluding hydrogens is 510 g/mol. The smallest absolute Gasteiger partial charge is 0.316 e. The average Bonchev–Trinajstić information content (AvgIpc) is 3.34. The van der Waals surface area contributed by atoms with E-state index in [1.807, 2.05) is 0 Å². The van der Waals surface area contributed by atoms with Gasteiger partial charge in [-0.05, 0) is 18.2 Å². The number of rotatable bonds is 7. The van der Waals surface area contributed by atoms with Crippen molar-refractivity contribution in [2.75, 3.05) is 38.1 Å². The highest BCUT2D eigenvalue weighted by Gasteiger charge is 2.29. The minimum Gasteiger partial charge on any atom is -0.467 e. The molecule has 1 aromatic carbocycles. The zero-order valence-corrected chi connectivity index (χ0v) is 20.2. The van der Waals surface area contributed by atoms with Crippen LogP contribution in [0, 0.1) is 11.6 Å². The van der Waals surface area contributed by atoms with Crippen molar-refractivity contribution in [3.63, 3.8) is 0 Å². The Morgan fingerprint density at radius 3 is 2.51 bits per heavy atom. The number of hydrogen-bond donors (Lipinski definition) is 2. The molecule has 14 heteroatoms. The second-order valence-corrected chi connectivity index (χ2v) is 9.68. The van der Waals surface area contributed by atoms with Gasteiger partial charge in [0.05, 0.1) is 31.6 Å². The molecule has 1 aliphatic heterocycles. The number of aromatic nitrogens is 4. The van der Waals surface area contributed by atoms with Gasteiger partial charge in [-0.2, -0.15) is 12.7 Å². The number of carbonyl (C=O) groups excluding carboxylic acids is 1. The number of nitrogens with zero attached hydrogens (tertiary/aromatic N) is 4. The number of halogens is 2. The van der Waals surface area contributed by atoms with Crippen LogP contribution in [0.1, 0.15) is 15.9 Å². The van der Waals surface area contributed by atoms with Crippen molar-refractivity contribution in [3.8, 4) is 17.1 Å². The fourth-order valence-corrected chi connectivity index (χ4v) is 5.08. The molecular formula is C23H20F2N6O5S. The maximum absolute atomic E-state index is 15.4. The molecule has 0 saturated carbocycles. The SMILES string of the molecule is COc1ncc(-c2cnc3[nH]cc(C(=O)c4c(F)ccc(NS(=O)(=O)N5CCOCC5)c4F)c3c2)cn1. The van der Waals surface area contributed by atoms with E-state index in [0.717, 1.165) is 16.4 Å². The van der Waals surface area contributed by atoms with Gasteiger partial charge in [0, 0.05) is 60.0 Å². The number of carbonyl (C=O) groups is 1. The van der Waals surface area contributed by atoms with Gasteiger partial charge < -0.3 is 14.5 Å². The van der Waals surface area contributed by atoms with Gasteiger partial charge in [-0.1, -0.05) is 0 Å². The first-order chi connectivity index (χ1) is 17.8. The third-order valence-corrected chi connectivity index (χ3v) is 7.31. The number of ketones is 1. The Kier molecular flexibility index (Phi) is 6.54. The van der Waals surface area contributed by atoms with E-state index >= 15 is 4.39 Å². The molecule has 11 nitrogen and oxygen atoms in total. The fourth-order valence-electron chi connectivity index (χ4n) is 3.88. The number of anilines is 1. The second-order valence-electron chi connectivity index (χ2n) is 8.01. The van der Waals surface area contributed by atoms with Crippen LogP contribution in [0.4, 0.5) is 14.5 Å². The first-order valence-electron chi connectivity index (χ1n) is 11.0. The maximum Gasteiger partial charge on any atom is 0.316 e. The van der Waals surface area contributed by atoms with Crippen molar-refractivity contribution >= 4 is 32.7 Å². The molecule has 4 heterocycles. The van der Waals surface area contributed by atoms with E-state index in [9.17, 15) is 17.6 Å². The van der Waals surface area contributed by atoms with E-state index < -0.39 is 38.9 Å². The number of ether oxygens (including phenoxy) is 2. The van der Waals surface area contributed by atoms with Crippen molar-refractivity contribution < 1.29 is 31.5 Å². The topological polar surface area (TPSA) is 139 Å². The van der Waals surface area contributed by atoms with Crippen LogP contribution in [-0.4, -0.2) is 71.9 Å². The summed E-state index contributed by atoms with van der Waals surface area (Å²) in [5.41, 5.74) is -0.0636. The first-order valence-corrected chi connectivity index (χ1v) is 12.4. The molecule has 0 amide bonds. The predicted molar refractivity (Wildman–Crippen MR) is 128 cm³/mol. The van der Waals surface area contributed by atoms with Crippen molar-refractivity contribution in [1.82, 2.24) is 24.2 Å². The van der Waals surface area contributed by atoms with Gasteiger partial charge in [-0.15, -0.1) is 0 Å². The number of H-pyrrole nitrogens is 1. The third kappa shape index (κ3) is 4.73. The average molecular weight is 531 g/mol. The number of benzene rings is 1. The molecule has 192 valence electrons. The summed E-state index contributed by atoms with van der Waals surface area (Å²) in [6.45, 7) is 0.535. The Balaban J connectivity index is 1.50. The minimum absolute atomic E-state index is 0.0511. The maximum atomic E-state index is 15.4. The predicted octanol–water partition coefficient (Wildman–Crippen LogP) is 2.53. The van der Waals surface area contributed by atoms with Crippen molar-refractivity contribution in [1.29, 1.82) is 0 Å². The van der Waals surface area contributed by atoms with E-state index in [1.165, 1.54) is 31.9 Å². The molecule has 1 fully saturated rings. The van der Waals surface area contributed by atoms with E-state index in [-0.39, 0.29) is 37.9 Å². The van der Waals surface area contributed by atoms with Crippen LogP contribution in [-0.2, 0) is 14.9 Å². The summed E-state index contributed by atoms with van der Waals surface area (Å²) in [6.07, 6.45) is 5.83. The lowest BCUT2D eigenvalue weighted by Crippen LogP contribution is -2.43. The monoisotopic (exact) mass is 530 g/mol. The van der Waals surface area contributed by atoms with Crippen LogP contribution in [0.5, 0.6) is 6.01 Å². The Labute approximate surface area is 209 Å². The van der Waals surface area contributed by atoms with Gasteiger partial charge in [0.25, 0.3) is 0 Å². The Hall–Kier alpha value is -4.01. The van der Waals surface area contributed by atoms with E-state index in [2.05, 4.69) is 24.7 Å². The van der Waals surface area contributed by atoms with E-state index in [1.54, 1.807) is 6.07 Å². The molecule has 0 spiro atoms. The zero-order chi connectivity index (χ0) is 26.2. The van der Waals surface area contributed by atoms with Crippen LogP contribution in [0.3, 0.4) is 0 Å². The summed E-state index contributed by atoms with van der Waals surface area (Å²) < 4.78 is 68.8. The summed E-state index contributed by atoms with van der Waals surface area (Å²) in [6, 6.07) is 3.54. The number of nitrogens with one attached hydrogen (secondary N) is 2. The summed E-state index contributed by atoms with van der Waals surface area (Å²) in [7, 11) is -2.72. The second kappa shape index (κ2) is 9.80. The fraction of sp³-hybridized carbons (Fsp3) is 0.217. The minimum atomic E-state index is -4.15. The van der Waals surface area contributed by atoms with Gasteiger partial charge >= 0.3 is 16.2 Å². The molecule has 0 aliphatic carbocycles. The van der Waals surface area contributed by atoms with Crippen LogP contribution < -0.4 is 9.46 Å². The standard InChI is InChI=1S/C23H20F2N6O5S/c1-35-23-28-10-14(11-29-23)13-8-15-16(12-27-22(15)26-9-13)21(32)19-17(24)2-3-18(20(19)25)30-37(33,34)31-4-6-36-7-5-31/h2-3,8-12,30H,4-7H2,1H3,(H,26,27). The molecule has 0 unspecified atom stereocenters. The van der Waals surface area contributed by atoms with Crippen LogP contribution >= 0.6 is 0 Å². The highest BCUT2D eigenvalue weighted by molar-refractivity contribution is 7.90. The Bertz CT molecular complexity index is 1590. The lowest BCUT2D eigenvalue weighted by molar-refractivity contribution is 0.0733. The lowest BCUT2D eigenvalue weighted by Gasteiger charge is -2.26. The van der Waals surface area contributed by atoms with Gasteiger partial charge in [-0.3, -0.25) is 9.52 Å². The number of hydrogen-bond acceptors (Lipinski definition) is 8. The summed E-state index contributed by atoms with van der Waals surface area (Å²) in [5.74, 6) is -3.46. The molecule has 37 heavy (non-hydrogen) atoms. The van der Waals surface area contributed by atoms with Crippen molar-refractivity contribution in [2.45, 2.75) is 0 Å². The van der Waals surface area contributed by atoms with Gasteiger partial charge in [0.15, 0.2) is 5.82 Å². The molecule has 1 aliphatic rings.